The lowest BCUT2D eigenvalue weighted by Crippen LogP contribution is -2.10. The van der Waals surface area contributed by atoms with E-state index in [1.807, 2.05) is 24.5 Å². The van der Waals surface area contributed by atoms with Gasteiger partial charge in [0.15, 0.2) is 5.69 Å². The molecule has 0 unspecified atom stereocenters. The first-order valence-electron chi connectivity index (χ1n) is 7.87. The Morgan fingerprint density at radius 2 is 1.96 bits per heavy atom. The molecule has 0 aliphatic rings. The van der Waals surface area contributed by atoms with Crippen LogP contribution in [-0.4, -0.2) is 19.7 Å². The maximum Gasteiger partial charge on any atom is 0.163 e. The van der Waals surface area contributed by atoms with E-state index < -0.39 is 0 Å². The first-order chi connectivity index (χ1) is 11.8. The van der Waals surface area contributed by atoms with Gasteiger partial charge in [-0.3, -0.25) is 0 Å². The first-order valence-corrected chi connectivity index (χ1v) is 7.87. The van der Waals surface area contributed by atoms with Gasteiger partial charge in [-0.15, -0.1) is 10.2 Å². The lowest BCUT2D eigenvalue weighted by molar-refractivity contribution is 0.615. The van der Waals surface area contributed by atoms with E-state index >= 15 is 0 Å². The second-order valence-corrected chi connectivity index (χ2v) is 5.40. The van der Waals surface area contributed by atoms with Crippen LogP contribution in [0.1, 0.15) is 23.5 Å². The fourth-order valence-corrected chi connectivity index (χ4v) is 2.46. The molecule has 1 aromatic carbocycles. The summed E-state index contributed by atoms with van der Waals surface area (Å²) in [5.41, 5.74) is 1.66. The van der Waals surface area contributed by atoms with E-state index in [1.165, 1.54) is 5.56 Å². The molecule has 0 fully saturated rings. The highest BCUT2D eigenvalue weighted by Crippen LogP contribution is 2.08. The zero-order valence-electron chi connectivity index (χ0n) is 13.3. The molecule has 2 heterocycles. The van der Waals surface area contributed by atoms with Gasteiger partial charge in [-0.1, -0.05) is 30.3 Å². The molecule has 6 nitrogen and oxygen atoms in total. The standard InChI is InChI=1S/C18H18N6/c19-13-16-8-9-17(23-22-16)21-14-18-20-10-12-24(18)11-4-7-15-5-2-1-3-6-15/h1-3,5-6,8-10,12H,4,7,11,14H2,(H,21,23). The van der Waals surface area contributed by atoms with Crippen molar-refractivity contribution in [3.8, 4) is 6.07 Å². The maximum absolute atomic E-state index is 8.72. The van der Waals surface area contributed by atoms with Crippen molar-refractivity contribution in [1.29, 1.82) is 5.26 Å². The summed E-state index contributed by atoms with van der Waals surface area (Å²) in [5, 5.41) is 19.7. The molecular formula is C18H18N6. The molecule has 1 N–H and O–H groups in total. The van der Waals surface area contributed by atoms with Gasteiger partial charge in [-0.25, -0.2) is 4.98 Å². The van der Waals surface area contributed by atoms with Crippen LogP contribution in [0.2, 0.25) is 0 Å². The van der Waals surface area contributed by atoms with Gasteiger partial charge in [-0.2, -0.15) is 5.26 Å². The Balaban J connectivity index is 1.52. The quantitative estimate of drug-likeness (QED) is 0.724. The number of rotatable bonds is 7. The Kier molecular flexibility index (Phi) is 5.15. The molecule has 3 rings (SSSR count). The smallest absolute Gasteiger partial charge is 0.163 e. The summed E-state index contributed by atoms with van der Waals surface area (Å²) in [7, 11) is 0. The first kappa shape index (κ1) is 15.7. The van der Waals surface area contributed by atoms with Crippen LogP contribution in [0.5, 0.6) is 0 Å². The molecule has 0 spiro atoms. The Morgan fingerprint density at radius 3 is 2.71 bits per heavy atom. The number of nitrogens with one attached hydrogen (secondary N) is 1. The van der Waals surface area contributed by atoms with Crippen LogP contribution in [0, 0.1) is 11.3 Å². The zero-order valence-corrected chi connectivity index (χ0v) is 13.3. The average molecular weight is 318 g/mol. The van der Waals surface area contributed by atoms with Crippen molar-refractivity contribution in [3.05, 3.63) is 71.9 Å². The number of nitriles is 1. The third-order valence-electron chi connectivity index (χ3n) is 3.72. The number of anilines is 1. The Hall–Kier alpha value is -3.20. The topological polar surface area (TPSA) is 79.4 Å². The maximum atomic E-state index is 8.72. The molecule has 24 heavy (non-hydrogen) atoms. The minimum atomic E-state index is 0.308. The fraction of sp³-hybridized carbons (Fsp3) is 0.222. The van der Waals surface area contributed by atoms with Crippen LogP contribution >= 0.6 is 0 Å². The number of aryl methyl sites for hydroxylation is 2. The molecule has 0 amide bonds. The number of nitrogens with zero attached hydrogens (tertiary/aromatic N) is 5. The summed E-state index contributed by atoms with van der Waals surface area (Å²) in [4.78, 5) is 4.39. The van der Waals surface area contributed by atoms with Gasteiger partial charge in [-0.05, 0) is 30.5 Å². The molecule has 2 aromatic heterocycles. The Labute approximate surface area is 140 Å². The number of benzene rings is 1. The molecule has 0 saturated heterocycles. The van der Waals surface area contributed by atoms with E-state index in [1.54, 1.807) is 12.1 Å². The minimum Gasteiger partial charge on any atom is -0.361 e. The zero-order chi connectivity index (χ0) is 16.6. The van der Waals surface area contributed by atoms with Crippen LogP contribution in [0.15, 0.2) is 54.9 Å². The molecular weight excluding hydrogens is 300 g/mol. The molecule has 6 heteroatoms. The second-order valence-electron chi connectivity index (χ2n) is 5.40. The third-order valence-corrected chi connectivity index (χ3v) is 3.72. The van der Waals surface area contributed by atoms with Crippen LogP contribution in [0.25, 0.3) is 0 Å². The monoisotopic (exact) mass is 318 g/mol. The molecule has 0 radical (unpaired) electrons. The summed E-state index contributed by atoms with van der Waals surface area (Å²) in [6.07, 6.45) is 5.91. The highest BCUT2D eigenvalue weighted by Gasteiger charge is 2.04. The summed E-state index contributed by atoms with van der Waals surface area (Å²) in [6.45, 7) is 1.49. The van der Waals surface area contributed by atoms with E-state index in [9.17, 15) is 0 Å². The molecule has 120 valence electrons. The van der Waals surface area contributed by atoms with Crippen LogP contribution in [0.3, 0.4) is 0 Å². The van der Waals surface area contributed by atoms with Crippen LogP contribution in [0.4, 0.5) is 5.82 Å². The summed E-state index contributed by atoms with van der Waals surface area (Å²) >= 11 is 0. The number of hydrogen-bond acceptors (Lipinski definition) is 5. The Bertz CT molecular complexity index is 802. The van der Waals surface area contributed by atoms with Gasteiger partial charge >= 0.3 is 0 Å². The summed E-state index contributed by atoms with van der Waals surface area (Å²) < 4.78 is 2.15. The van der Waals surface area contributed by atoms with E-state index in [4.69, 9.17) is 5.26 Å². The van der Waals surface area contributed by atoms with Crippen LogP contribution in [-0.2, 0) is 19.5 Å². The van der Waals surface area contributed by atoms with Gasteiger partial charge in [0, 0.05) is 18.9 Å². The number of hydrogen-bond donors (Lipinski definition) is 1. The number of imidazole rings is 1. The van der Waals surface area contributed by atoms with E-state index in [0.717, 1.165) is 25.2 Å². The Morgan fingerprint density at radius 1 is 1.08 bits per heavy atom. The minimum absolute atomic E-state index is 0.308. The largest absolute Gasteiger partial charge is 0.361 e. The number of aromatic nitrogens is 4. The van der Waals surface area contributed by atoms with Crippen molar-refractivity contribution in [2.24, 2.45) is 0 Å². The van der Waals surface area contributed by atoms with Crippen molar-refractivity contribution < 1.29 is 0 Å². The van der Waals surface area contributed by atoms with Gasteiger partial charge in [0.2, 0.25) is 0 Å². The predicted octanol–water partition coefficient (Wildman–Crippen LogP) is 2.79. The molecule has 0 aliphatic carbocycles. The third kappa shape index (κ3) is 4.17. The predicted molar refractivity (Wildman–Crippen MR) is 91.1 cm³/mol. The van der Waals surface area contributed by atoms with Crippen molar-refractivity contribution >= 4 is 5.82 Å². The van der Waals surface area contributed by atoms with E-state index in [-0.39, 0.29) is 0 Å². The molecule has 0 saturated carbocycles. The van der Waals surface area contributed by atoms with Gasteiger partial charge < -0.3 is 9.88 Å². The van der Waals surface area contributed by atoms with Gasteiger partial charge in [0.05, 0.1) is 6.54 Å². The lowest BCUT2D eigenvalue weighted by Gasteiger charge is -2.09. The SMILES string of the molecule is N#Cc1ccc(NCc2nccn2CCCc2ccccc2)nn1. The molecule has 0 aliphatic heterocycles. The van der Waals surface area contributed by atoms with E-state index in [2.05, 4.69) is 49.3 Å². The lowest BCUT2D eigenvalue weighted by atomic mass is 10.1. The highest BCUT2D eigenvalue weighted by molar-refractivity contribution is 5.35. The van der Waals surface area contributed by atoms with Crippen molar-refractivity contribution in [1.82, 2.24) is 19.7 Å². The summed E-state index contributed by atoms with van der Waals surface area (Å²) in [6, 6.07) is 15.8. The average Bonchev–Trinajstić information content (AvgIpc) is 3.09. The van der Waals surface area contributed by atoms with Gasteiger partial charge in [0.1, 0.15) is 17.7 Å². The van der Waals surface area contributed by atoms with Crippen LogP contribution < -0.4 is 5.32 Å². The molecule has 0 bridgehead atoms. The van der Waals surface area contributed by atoms with Crippen molar-refractivity contribution in [3.63, 3.8) is 0 Å². The highest BCUT2D eigenvalue weighted by atomic mass is 15.2. The van der Waals surface area contributed by atoms with E-state index in [0.29, 0.717) is 18.1 Å². The fourth-order valence-electron chi connectivity index (χ4n) is 2.46. The second kappa shape index (κ2) is 7.88. The van der Waals surface area contributed by atoms with Crippen molar-refractivity contribution in [2.45, 2.75) is 25.9 Å². The van der Waals surface area contributed by atoms with Crippen molar-refractivity contribution in [2.75, 3.05) is 5.32 Å². The summed E-state index contributed by atoms with van der Waals surface area (Å²) in [5.74, 6) is 1.59. The van der Waals surface area contributed by atoms with Gasteiger partial charge in [0.25, 0.3) is 0 Å². The normalized spacial score (nSPS) is 10.3. The molecule has 3 aromatic rings. The molecule has 0 atom stereocenters.